The van der Waals surface area contributed by atoms with Crippen molar-refractivity contribution in [1.82, 2.24) is 10.2 Å². The Morgan fingerprint density at radius 3 is 2.17 bits per heavy atom. The van der Waals surface area contributed by atoms with E-state index < -0.39 is 0 Å². The summed E-state index contributed by atoms with van der Waals surface area (Å²) in [5, 5.41) is 3.44. The summed E-state index contributed by atoms with van der Waals surface area (Å²) in [6, 6.07) is 0. The summed E-state index contributed by atoms with van der Waals surface area (Å²) in [6.07, 6.45) is 9.93. The topological polar surface area (TPSA) is 15.3 Å². The highest BCUT2D eigenvalue weighted by Gasteiger charge is 2.37. The molecule has 1 aliphatic carbocycles. The molecule has 0 aromatic rings. The van der Waals surface area contributed by atoms with Crippen LogP contribution >= 0.6 is 0 Å². The molecule has 0 aromatic heterocycles. The number of nitrogens with zero attached hydrogens (tertiary/aromatic N) is 1. The number of nitrogens with one attached hydrogen (secondary N) is 1. The molecule has 0 bridgehead atoms. The summed E-state index contributed by atoms with van der Waals surface area (Å²) >= 11 is 0. The number of hydrogen-bond donors (Lipinski definition) is 1. The molecule has 0 spiro atoms. The Balaban J connectivity index is 1.86. The normalized spacial score (nSPS) is 27.5. The van der Waals surface area contributed by atoms with E-state index in [1.807, 2.05) is 0 Å². The van der Waals surface area contributed by atoms with Crippen LogP contribution in [0.1, 0.15) is 58.8 Å². The van der Waals surface area contributed by atoms with Crippen LogP contribution in [0.2, 0.25) is 0 Å². The number of piperidine rings is 1. The maximum atomic E-state index is 3.44. The van der Waals surface area contributed by atoms with Gasteiger partial charge in [0.25, 0.3) is 0 Å². The predicted octanol–water partition coefficient (Wildman–Crippen LogP) is 3.28. The van der Waals surface area contributed by atoms with Crippen LogP contribution in [0, 0.1) is 10.8 Å². The highest BCUT2D eigenvalue weighted by atomic mass is 15.1. The van der Waals surface area contributed by atoms with Gasteiger partial charge in [-0.05, 0) is 56.7 Å². The molecule has 0 unspecified atom stereocenters. The van der Waals surface area contributed by atoms with Crippen molar-refractivity contribution >= 4 is 0 Å². The Kier molecular flexibility index (Phi) is 4.71. The van der Waals surface area contributed by atoms with Gasteiger partial charge in [0.05, 0.1) is 0 Å². The van der Waals surface area contributed by atoms with Gasteiger partial charge in [0.1, 0.15) is 0 Å². The van der Waals surface area contributed by atoms with Gasteiger partial charge < -0.3 is 10.2 Å². The Morgan fingerprint density at radius 2 is 1.67 bits per heavy atom. The van der Waals surface area contributed by atoms with E-state index in [1.54, 1.807) is 0 Å². The van der Waals surface area contributed by atoms with Crippen molar-refractivity contribution in [2.45, 2.75) is 58.8 Å². The van der Waals surface area contributed by atoms with Crippen molar-refractivity contribution < 1.29 is 0 Å². The first-order chi connectivity index (χ1) is 8.61. The van der Waals surface area contributed by atoms with Crippen LogP contribution < -0.4 is 5.32 Å². The lowest BCUT2D eigenvalue weighted by Crippen LogP contribution is -2.46. The minimum absolute atomic E-state index is 0.592. The number of likely N-dealkylation sites (tertiary alicyclic amines) is 1. The molecule has 18 heavy (non-hydrogen) atoms. The summed E-state index contributed by atoms with van der Waals surface area (Å²) in [7, 11) is 2.12. The summed E-state index contributed by atoms with van der Waals surface area (Å²) in [4.78, 5) is 2.75. The monoisotopic (exact) mass is 252 g/mol. The zero-order chi connectivity index (χ0) is 13.1. The lowest BCUT2D eigenvalue weighted by Gasteiger charge is -2.43. The van der Waals surface area contributed by atoms with E-state index in [9.17, 15) is 0 Å². The van der Waals surface area contributed by atoms with Gasteiger partial charge in [0, 0.05) is 13.1 Å². The molecule has 2 nitrogen and oxygen atoms in total. The van der Waals surface area contributed by atoms with Crippen LogP contribution in [0.5, 0.6) is 0 Å². The van der Waals surface area contributed by atoms with Gasteiger partial charge >= 0.3 is 0 Å². The molecule has 1 heterocycles. The minimum atomic E-state index is 0.592. The van der Waals surface area contributed by atoms with Crippen molar-refractivity contribution in [3.05, 3.63) is 0 Å². The first kappa shape index (κ1) is 14.3. The molecule has 1 N–H and O–H groups in total. The molecule has 0 amide bonds. The van der Waals surface area contributed by atoms with E-state index >= 15 is 0 Å². The second-order valence-corrected chi connectivity index (χ2v) is 7.18. The molecule has 1 saturated carbocycles. The molecule has 2 aliphatic rings. The first-order valence-electron chi connectivity index (χ1n) is 7.98. The fourth-order valence-corrected chi connectivity index (χ4v) is 3.97. The molecule has 2 rings (SSSR count). The van der Waals surface area contributed by atoms with E-state index in [-0.39, 0.29) is 0 Å². The largest absolute Gasteiger partial charge is 0.319 e. The standard InChI is InChI=1S/C16H32N2/c1-4-15(2)9-11-18(12-10-15)14-16(13-17-3)7-5-6-8-16/h17H,4-14H2,1-3H3. The third kappa shape index (κ3) is 3.27. The van der Waals surface area contributed by atoms with E-state index in [1.165, 1.54) is 71.1 Å². The van der Waals surface area contributed by atoms with Crippen molar-refractivity contribution in [2.24, 2.45) is 10.8 Å². The van der Waals surface area contributed by atoms with Crippen molar-refractivity contribution in [3.63, 3.8) is 0 Å². The maximum Gasteiger partial charge on any atom is 0.00501 e. The maximum absolute atomic E-state index is 3.44. The zero-order valence-electron chi connectivity index (χ0n) is 12.7. The fraction of sp³-hybridized carbons (Fsp3) is 1.00. The number of rotatable bonds is 5. The molecule has 0 aromatic carbocycles. The first-order valence-corrected chi connectivity index (χ1v) is 7.98. The van der Waals surface area contributed by atoms with E-state index in [0.717, 1.165) is 0 Å². The summed E-state index contributed by atoms with van der Waals surface area (Å²) < 4.78 is 0. The summed E-state index contributed by atoms with van der Waals surface area (Å²) in [6.45, 7) is 10.0. The van der Waals surface area contributed by atoms with Crippen molar-refractivity contribution in [2.75, 3.05) is 33.2 Å². The van der Waals surface area contributed by atoms with Crippen LogP contribution in [0.15, 0.2) is 0 Å². The number of hydrogen-bond acceptors (Lipinski definition) is 2. The van der Waals surface area contributed by atoms with Gasteiger partial charge in [-0.3, -0.25) is 0 Å². The van der Waals surface area contributed by atoms with E-state index in [4.69, 9.17) is 0 Å². The Bertz CT molecular complexity index is 248. The SMILES string of the molecule is CCC1(C)CCN(CC2(CNC)CCCC2)CC1. The Labute approximate surface area is 114 Å². The average molecular weight is 252 g/mol. The van der Waals surface area contributed by atoms with E-state index in [0.29, 0.717) is 10.8 Å². The quantitative estimate of drug-likeness (QED) is 0.808. The minimum Gasteiger partial charge on any atom is -0.319 e. The molecule has 106 valence electrons. The van der Waals surface area contributed by atoms with Gasteiger partial charge in [-0.2, -0.15) is 0 Å². The molecule has 0 atom stereocenters. The molecule has 1 saturated heterocycles. The summed E-state index contributed by atoms with van der Waals surface area (Å²) in [5.74, 6) is 0. The van der Waals surface area contributed by atoms with Crippen LogP contribution in [0.3, 0.4) is 0 Å². The van der Waals surface area contributed by atoms with Crippen molar-refractivity contribution in [1.29, 1.82) is 0 Å². The molecular formula is C16H32N2. The fourth-order valence-electron chi connectivity index (χ4n) is 3.97. The lowest BCUT2D eigenvalue weighted by molar-refractivity contribution is 0.0733. The average Bonchev–Trinajstić information content (AvgIpc) is 2.82. The third-order valence-corrected chi connectivity index (χ3v) is 5.69. The summed E-state index contributed by atoms with van der Waals surface area (Å²) in [5.41, 5.74) is 1.22. The zero-order valence-corrected chi connectivity index (χ0v) is 12.7. The van der Waals surface area contributed by atoms with Crippen LogP contribution in [0.25, 0.3) is 0 Å². The molecule has 2 fully saturated rings. The molecule has 0 radical (unpaired) electrons. The molecule has 1 aliphatic heterocycles. The highest BCUT2D eigenvalue weighted by Crippen LogP contribution is 2.40. The van der Waals surface area contributed by atoms with Gasteiger partial charge in [-0.15, -0.1) is 0 Å². The second kappa shape index (κ2) is 5.92. The smallest absolute Gasteiger partial charge is 0.00501 e. The van der Waals surface area contributed by atoms with Gasteiger partial charge in [-0.1, -0.05) is 33.1 Å². The van der Waals surface area contributed by atoms with Crippen LogP contribution in [-0.4, -0.2) is 38.1 Å². The molecular weight excluding hydrogens is 220 g/mol. The second-order valence-electron chi connectivity index (χ2n) is 7.18. The van der Waals surface area contributed by atoms with Gasteiger partial charge in [0.2, 0.25) is 0 Å². The van der Waals surface area contributed by atoms with Crippen LogP contribution in [0.4, 0.5) is 0 Å². The predicted molar refractivity (Wildman–Crippen MR) is 78.9 cm³/mol. The van der Waals surface area contributed by atoms with Gasteiger partial charge in [-0.25, -0.2) is 0 Å². The Hall–Kier alpha value is -0.0800. The van der Waals surface area contributed by atoms with E-state index in [2.05, 4.69) is 31.1 Å². The third-order valence-electron chi connectivity index (χ3n) is 5.69. The van der Waals surface area contributed by atoms with Gasteiger partial charge in [0.15, 0.2) is 0 Å². The highest BCUT2D eigenvalue weighted by molar-refractivity contribution is 4.91. The Morgan fingerprint density at radius 1 is 1.06 bits per heavy atom. The molecule has 2 heteroatoms. The van der Waals surface area contributed by atoms with Crippen molar-refractivity contribution in [3.8, 4) is 0 Å². The lowest BCUT2D eigenvalue weighted by atomic mass is 9.77. The van der Waals surface area contributed by atoms with Crippen LogP contribution in [-0.2, 0) is 0 Å².